The van der Waals surface area contributed by atoms with Crippen molar-refractivity contribution in [1.29, 1.82) is 0 Å². The third-order valence-corrected chi connectivity index (χ3v) is 2.62. The fraction of sp³-hybridized carbons (Fsp3) is 0.556. The number of likely N-dealkylation sites (tertiary alicyclic amines) is 1. The standard InChI is InChI=1S/C9H13N5O2/c1-10-7-6-8(15)14(9(7)16)5-4-13-3-2-11-12-13/h2-3,7,10H,4-6H2,1H3. The van der Waals surface area contributed by atoms with Crippen LogP contribution in [0, 0.1) is 0 Å². The molecule has 0 radical (unpaired) electrons. The van der Waals surface area contributed by atoms with Gasteiger partial charge in [0.1, 0.15) is 0 Å². The molecule has 1 fully saturated rings. The second-order valence-corrected chi connectivity index (χ2v) is 3.60. The van der Waals surface area contributed by atoms with Crippen LogP contribution in [0.3, 0.4) is 0 Å². The Balaban J connectivity index is 1.95. The van der Waals surface area contributed by atoms with Gasteiger partial charge in [-0.3, -0.25) is 19.2 Å². The lowest BCUT2D eigenvalue weighted by Crippen LogP contribution is -2.38. The summed E-state index contributed by atoms with van der Waals surface area (Å²) in [5, 5.41) is 10.2. The molecule has 0 saturated carbocycles. The summed E-state index contributed by atoms with van der Waals surface area (Å²) in [6.45, 7) is 0.827. The molecule has 16 heavy (non-hydrogen) atoms. The van der Waals surface area contributed by atoms with Crippen LogP contribution in [0.1, 0.15) is 6.42 Å². The molecule has 2 rings (SSSR count). The first-order chi connectivity index (χ1) is 7.72. The number of nitrogens with one attached hydrogen (secondary N) is 1. The second-order valence-electron chi connectivity index (χ2n) is 3.60. The summed E-state index contributed by atoms with van der Waals surface area (Å²) in [6, 6.07) is -0.372. The van der Waals surface area contributed by atoms with Crippen LogP contribution >= 0.6 is 0 Å². The number of rotatable bonds is 4. The minimum Gasteiger partial charge on any atom is -0.308 e. The molecule has 0 bridgehead atoms. The summed E-state index contributed by atoms with van der Waals surface area (Å²) < 4.78 is 1.59. The van der Waals surface area contributed by atoms with E-state index in [2.05, 4.69) is 15.6 Å². The number of aromatic nitrogens is 3. The van der Waals surface area contributed by atoms with Crippen LogP contribution in [0.4, 0.5) is 0 Å². The minimum absolute atomic E-state index is 0.135. The molecule has 1 aliphatic rings. The smallest absolute Gasteiger partial charge is 0.246 e. The van der Waals surface area contributed by atoms with Gasteiger partial charge in [0.15, 0.2) is 0 Å². The van der Waals surface area contributed by atoms with Gasteiger partial charge in [0.05, 0.1) is 25.2 Å². The third-order valence-electron chi connectivity index (χ3n) is 2.62. The zero-order valence-electron chi connectivity index (χ0n) is 8.96. The Kier molecular flexibility index (Phi) is 2.95. The number of hydrogen-bond acceptors (Lipinski definition) is 5. The summed E-state index contributed by atoms with van der Waals surface area (Å²) in [5.74, 6) is -0.294. The highest BCUT2D eigenvalue weighted by Gasteiger charge is 2.37. The van der Waals surface area contributed by atoms with Crippen LogP contribution in [-0.2, 0) is 16.1 Å². The Hall–Kier alpha value is -1.76. The highest BCUT2D eigenvalue weighted by molar-refractivity contribution is 6.05. The van der Waals surface area contributed by atoms with Gasteiger partial charge in [-0.1, -0.05) is 5.21 Å². The van der Waals surface area contributed by atoms with Crippen molar-refractivity contribution < 1.29 is 9.59 Å². The molecular weight excluding hydrogens is 210 g/mol. The van der Waals surface area contributed by atoms with Crippen molar-refractivity contribution in [2.75, 3.05) is 13.6 Å². The Morgan fingerprint density at radius 3 is 2.88 bits per heavy atom. The van der Waals surface area contributed by atoms with Crippen molar-refractivity contribution in [3.05, 3.63) is 12.4 Å². The molecular formula is C9H13N5O2. The molecule has 2 amide bonds. The highest BCUT2D eigenvalue weighted by Crippen LogP contribution is 2.12. The van der Waals surface area contributed by atoms with Crippen LogP contribution in [0.25, 0.3) is 0 Å². The maximum atomic E-state index is 11.7. The number of carbonyl (C=O) groups is 2. The van der Waals surface area contributed by atoms with Gasteiger partial charge in [-0.2, -0.15) is 0 Å². The molecule has 1 aromatic heterocycles. The van der Waals surface area contributed by atoms with Crippen molar-refractivity contribution >= 4 is 11.8 Å². The summed E-state index contributed by atoms with van der Waals surface area (Å²) in [5.41, 5.74) is 0. The average Bonchev–Trinajstić information content (AvgIpc) is 2.86. The van der Waals surface area contributed by atoms with E-state index in [1.807, 2.05) is 0 Å². The highest BCUT2D eigenvalue weighted by atomic mass is 16.2. The summed E-state index contributed by atoms with van der Waals surface area (Å²) in [7, 11) is 1.68. The normalized spacial score (nSPS) is 20.8. The van der Waals surface area contributed by atoms with Gasteiger partial charge >= 0.3 is 0 Å². The lowest BCUT2D eigenvalue weighted by Gasteiger charge is -2.14. The van der Waals surface area contributed by atoms with Crippen molar-refractivity contribution in [3.8, 4) is 0 Å². The number of hydrogen-bond donors (Lipinski definition) is 1. The van der Waals surface area contributed by atoms with E-state index in [4.69, 9.17) is 0 Å². The molecule has 1 N–H and O–H groups in total. The molecule has 0 aromatic carbocycles. The summed E-state index contributed by atoms with van der Waals surface area (Å²) in [4.78, 5) is 24.5. The van der Waals surface area contributed by atoms with Crippen LogP contribution in [-0.4, -0.2) is 51.3 Å². The molecule has 0 aliphatic carbocycles. The van der Waals surface area contributed by atoms with Crippen molar-refractivity contribution in [1.82, 2.24) is 25.2 Å². The van der Waals surface area contributed by atoms with Crippen LogP contribution < -0.4 is 5.32 Å². The quantitative estimate of drug-likeness (QED) is 0.637. The second kappa shape index (κ2) is 4.40. The molecule has 1 atom stereocenters. The third kappa shape index (κ3) is 1.94. The largest absolute Gasteiger partial charge is 0.308 e. The Labute approximate surface area is 92.4 Å². The van der Waals surface area contributed by atoms with Crippen LogP contribution in [0.2, 0.25) is 0 Å². The first-order valence-corrected chi connectivity index (χ1v) is 5.08. The van der Waals surface area contributed by atoms with Gasteiger partial charge < -0.3 is 5.32 Å². The Bertz CT molecular complexity index is 389. The lowest BCUT2D eigenvalue weighted by atomic mass is 10.2. The van der Waals surface area contributed by atoms with E-state index in [0.29, 0.717) is 13.1 Å². The van der Waals surface area contributed by atoms with Crippen molar-refractivity contribution in [2.24, 2.45) is 0 Å². The lowest BCUT2D eigenvalue weighted by molar-refractivity contribution is -0.139. The Morgan fingerprint density at radius 2 is 2.31 bits per heavy atom. The Morgan fingerprint density at radius 1 is 1.50 bits per heavy atom. The zero-order valence-corrected chi connectivity index (χ0v) is 8.96. The van der Waals surface area contributed by atoms with E-state index in [-0.39, 0.29) is 24.3 Å². The molecule has 1 aliphatic heterocycles. The molecule has 7 nitrogen and oxygen atoms in total. The van der Waals surface area contributed by atoms with Gasteiger partial charge in [-0.05, 0) is 7.05 Å². The molecule has 86 valence electrons. The molecule has 1 aromatic rings. The van der Waals surface area contributed by atoms with Gasteiger partial charge in [0, 0.05) is 12.7 Å². The fourth-order valence-electron chi connectivity index (χ4n) is 1.70. The topological polar surface area (TPSA) is 80.1 Å². The first-order valence-electron chi connectivity index (χ1n) is 5.08. The maximum Gasteiger partial charge on any atom is 0.246 e. The van der Waals surface area contributed by atoms with Crippen LogP contribution in [0.5, 0.6) is 0 Å². The number of carbonyl (C=O) groups excluding carboxylic acids is 2. The number of amides is 2. The number of imide groups is 1. The van der Waals surface area contributed by atoms with Gasteiger partial charge in [-0.25, -0.2) is 0 Å². The average molecular weight is 223 g/mol. The molecule has 2 heterocycles. The van der Waals surface area contributed by atoms with E-state index < -0.39 is 0 Å². The van der Waals surface area contributed by atoms with E-state index in [9.17, 15) is 9.59 Å². The summed E-state index contributed by atoms with van der Waals surface area (Å²) >= 11 is 0. The first kappa shape index (κ1) is 10.7. The van der Waals surface area contributed by atoms with E-state index >= 15 is 0 Å². The van der Waals surface area contributed by atoms with Gasteiger partial charge in [0.2, 0.25) is 11.8 Å². The van der Waals surface area contributed by atoms with E-state index in [1.165, 1.54) is 4.90 Å². The van der Waals surface area contributed by atoms with Gasteiger partial charge in [-0.15, -0.1) is 5.10 Å². The predicted molar refractivity (Wildman–Crippen MR) is 54.2 cm³/mol. The minimum atomic E-state index is -0.372. The van der Waals surface area contributed by atoms with Crippen molar-refractivity contribution in [3.63, 3.8) is 0 Å². The van der Waals surface area contributed by atoms with Crippen LogP contribution in [0.15, 0.2) is 12.4 Å². The number of likely N-dealkylation sites (N-methyl/N-ethyl adjacent to an activating group) is 1. The zero-order chi connectivity index (χ0) is 11.5. The monoisotopic (exact) mass is 223 g/mol. The molecule has 0 spiro atoms. The van der Waals surface area contributed by atoms with Gasteiger partial charge in [0.25, 0.3) is 0 Å². The van der Waals surface area contributed by atoms with Crippen molar-refractivity contribution in [2.45, 2.75) is 19.0 Å². The number of nitrogens with zero attached hydrogens (tertiary/aromatic N) is 4. The maximum absolute atomic E-state index is 11.7. The van der Waals surface area contributed by atoms with E-state index in [0.717, 1.165) is 0 Å². The molecule has 1 saturated heterocycles. The fourth-order valence-corrected chi connectivity index (χ4v) is 1.70. The molecule has 7 heteroatoms. The summed E-state index contributed by atoms with van der Waals surface area (Å²) in [6.07, 6.45) is 3.50. The molecule has 1 unspecified atom stereocenters. The SMILES string of the molecule is CNC1CC(=O)N(CCn2ccnn2)C1=O. The predicted octanol–water partition coefficient (Wildman–Crippen LogP) is -1.37. The van der Waals surface area contributed by atoms with E-state index in [1.54, 1.807) is 24.1 Å².